The maximum atomic E-state index is 5.98. The first kappa shape index (κ1) is 16.9. The predicted molar refractivity (Wildman–Crippen MR) is 95.5 cm³/mol. The van der Waals surface area contributed by atoms with E-state index in [2.05, 4.69) is 43.1 Å². The molecule has 4 heteroatoms. The molecule has 0 fully saturated rings. The van der Waals surface area contributed by atoms with Gasteiger partial charge < -0.3 is 15.4 Å². The molecule has 0 amide bonds. The first-order valence-corrected chi connectivity index (χ1v) is 8.03. The molecule has 0 atom stereocenters. The van der Waals surface area contributed by atoms with Crippen molar-refractivity contribution < 1.29 is 4.74 Å². The van der Waals surface area contributed by atoms with E-state index in [1.165, 1.54) is 0 Å². The van der Waals surface area contributed by atoms with Gasteiger partial charge in [0.15, 0.2) is 5.96 Å². The monoisotopic (exact) mass is 311 g/mol. The highest BCUT2D eigenvalue weighted by molar-refractivity contribution is 5.77. The Hall–Kier alpha value is -2.49. The van der Waals surface area contributed by atoms with E-state index in [0.29, 0.717) is 19.1 Å². The number of hydrogen-bond donors (Lipinski definition) is 1. The van der Waals surface area contributed by atoms with Gasteiger partial charge in [-0.1, -0.05) is 42.5 Å². The second kappa shape index (κ2) is 8.83. The van der Waals surface area contributed by atoms with Crippen LogP contribution >= 0.6 is 0 Å². The molecule has 0 radical (unpaired) electrons. The highest BCUT2D eigenvalue weighted by atomic mass is 16.5. The molecule has 2 aromatic rings. The van der Waals surface area contributed by atoms with Gasteiger partial charge in [0.1, 0.15) is 12.4 Å². The molecule has 0 aromatic heterocycles. The van der Waals surface area contributed by atoms with Crippen LogP contribution in [0.4, 0.5) is 0 Å². The second-order valence-electron chi connectivity index (χ2n) is 5.26. The fourth-order valence-corrected chi connectivity index (χ4v) is 2.24. The van der Waals surface area contributed by atoms with Crippen molar-refractivity contribution in [2.45, 2.75) is 27.0 Å². The molecule has 2 aromatic carbocycles. The Bertz CT molecular complexity index is 604. The molecule has 0 saturated heterocycles. The standard InChI is InChI=1S/C19H25N3O/c1-3-22(4-2)19(20)21-14-16-10-12-17(13-11-16)15-23-18-8-6-5-7-9-18/h5-13H,3-4,14-15H2,1-2H3,(H2,20,21). The van der Waals surface area contributed by atoms with Gasteiger partial charge in [0.05, 0.1) is 6.54 Å². The first-order chi connectivity index (χ1) is 11.2. The van der Waals surface area contributed by atoms with E-state index in [-0.39, 0.29) is 0 Å². The lowest BCUT2D eigenvalue weighted by atomic mass is 10.1. The molecule has 122 valence electrons. The largest absolute Gasteiger partial charge is 0.489 e. The number of benzene rings is 2. The summed E-state index contributed by atoms with van der Waals surface area (Å²) in [7, 11) is 0. The van der Waals surface area contributed by atoms with Crippen molar-refractivity contribution in [3.63, 3.8) is 0 Å². The van der Waals surface area contributed by atoms with Crippen LogP contribution in [0.3, 0.4) is 0 Å². The molecule has 2 N–H and O–H groups in total. The summed E-state index contributed by atoms with van der Waals surface area (Å²) >= 11 is 0. The predicted octanol–water partition coefficient (Wildman–Crippen LogP) is 3.42. The van der Waals surface area contributed by atoms with Gasteiger partial charge in [0, 0.05) is 13.1 Å². The summed E-state index contributed by atoms with van der Waals surface area (Å²) in [5.74, 6) is 1.49. The van der Waals surface area contributed by atoms with Gasteiger partial charge in [-0.15, -0.1) is 0 Å². The van der Waals surface area contributed by atoms with E-state index in [1.54, 1.807) is 0 Å². The van der Waals surface area contributed by atoms with Crippen LogP contribution in [0.5, 0.6) is 5.75 Å². The lowest BCUT2D eigenvalue weighted by Gasteiger charge is -2.19. The van der Waals surface area contributed by atoms with E-state index in [9.17, 15) is 0 Å². The molecule has 0 heterocycles. The average molecular weight is 311 g/mol. The summed E-state index contributed by atoms with van der Waals surface area (Å²) in [6.45, 7) is 7.07. The van der Waals surface area contributed by atoms with Crippen molar-refractivity contribution in [2.75, 3.05) is 13.1 Å². The van der Waals surface area contributed by atoms with Crippen LogP contribution in [-0.2, 0) is 13.2 Å². The number of hydrogen-bond acceptors (Lipinski definition) is 2. The molecule has 0 saturated carbocycles. The normalized spacial score (nSPS) is 11.3. The number of rotatable bonds is 7. The van der Waals surface area contributed by atoms with Gasteiger partial charge in [0.25, 0.3) is 0 Å². The summed E-state index contributed by atoms with van der Waals surface area (Å²) in [5.41, 5.74) is 8.26. The maximum absolute atomic E-state index is 5.98. The summed E-state index contributed by atoms with van der Waals surface area (Å²) < 4.78 is 5.74. The quantitative estimate of drug-likeness (QED) is 0.629. The maximum Gasteiger partial charge on any atom is 0.191 e. The van der Waals surface area contributed by atoms with Gasteiger partial charge >= 0.3 is 0 Å². The lowest BCUT2D eigenvalue weighted by molar-refractivity contribution is 0.306. The smallest absolute Gasteiger partial charge is 0.191 e. The number of aliphatic imine (C=N–C) groups is 1. The zero-order valence-electron chi connectivity index (χ0n) is 13.9. The van der Waals surface area contributed by atoms with Gasteiger partial charge in [-0.25, -0.2) is 4.99 Å². The van der Waals surface area contributed by atoms with Gasteiger partial charge in [-0.05, 0) is 37.1 Å². The Labute approximate surface area is 138 Å². The third kappa shape index (κ3) is 5.33. The minimum Gasteiger partial charge on any atom is -0.489 e. The Morgan fingerprint density at radius 1 is 0.957 bits per heavy atom. The summed E-state index contributed by atoms with van der Waals surface area (Å²) in [4.78, 5) is 6.49. The summed E-state index contributed by atoms with van der Waals surface area (Å²) in [6.07, 6.45) is 0. The van der Waals surface area contributed by atoms with Crippen molar-refractivity contribution in [3.8, 4) is 5.75 Å². The highest BCUT2D eigenvalue weighted by Gasteiger charge is 2.02. The van der Waals surface area contributed by atoms with Crippen molar-refractivity contribution >= 4 is 5.96 Å². The van der Waals surface area contributed by atoms with Gasteiger partial charge in [0.2, 0.25) is 0 Å². The van der Waals surface area contributed by atoms with Crippen LogP contribution in [0.15, 0.2) is 59.6 Å². The van der Waals surface area contributed by atoms with E-state index in [0.717, 1.165) is 30.0 Å². The SMILES string of the molecule is CCN(CC)C(N)=NCc1ccc(COc2ccccc2)cc1. The Kier molecular flexibility index (Phi) is 6.48. The van der Waals surface area contributed by atoms with Crippen molar-refractivity contribution in [2.24, 2.45) is 10.7 Å². The van der Waals surface area contributed by atoms with Crippen LogP contribution in [0.25, 0.3) is 0 Å². The number of nitrogens with zero attached hydrogens (tertiary/aromatic N) is 2. The number of para-hydroxylation sites is 1. The van der Waals surface area contributed by atoms with Crippen LogP contribution < -0.4 is 10.5 Å². The highest BCUT2D eigenvalue weighted by Crippen LogP contribution is 2.12. The average Bonchev–Trinajstić information content (AvgIpc) is 2.61. The Balaban J connectivity index is 1.88. The Morgan fingerprint density at radius 3 is 2.17 bits per heavy atom. The topological polar surface area (TPSA) is 50.8 Å². The lowest BCUT2D eigenvalue weighted by Crippen LogP contribution is -2.37. The third-order valence-electron chi connectivity index (χ3n) is 3.68. The molecule has 0 unspecified atom stereocenters. The van der Waals surface area contributed by atoms with Crippen LogP contribution in [0.1, 0.15) is 25.0 Å². The van der Waals surface area contributed by atoms with Gasteiger partial charge in [-0.3, -0.25) is 0 Å². The van der Waals surface area contributed by atoms with Crippen LogP contribution in [-0.4, -0.2) is 23.9 Å². The molecule has 2 rings (SSSR count). The van der Waals surface area contributed by atoms with Gasteiger partial charge in [-0.2, -0.15) is 0 Å². The molecule has 0 aliphatic carbocycles. The van der Waals surface area contributed by atoms with E-state index < -0.39 is 0 Å². The first-order valence-electron chi connectivity index (χ1n) is 8.03. The summed E-state index contributed by atoms with van der Waals surface area (Å²) in [6, 6.07) is 18.1. The van der Waals surface area contributed by atoms with E-state index in [4.69, 9.17) is 10.5 Å². The minimum atomic E-state index is 0.565. The van der Waals surface area contributed by atoms with E-state index >= 15 is 0 Å². The molecular weight excluding hydrogens is 286 g/mol. The van der Waals surface area contributed by atoms with Crippen LogP contribution in [0.2, 0.25) is 0 Å². The molecule has 23 heavy (non-hydrogen) atoms. The molecule has 0 aliphatic heterocycles. The molecule has 0 bridgehead atoms. The zero-order chi connectivity index (χ0) is 16.5. The summed E-state index contributed by atoms with van der Waals surface area (Å²) in [5, 5.41) is 0. The number of guanidine groups is 1. The Morgan fingerprint density at radius 2 is 1.57 bits per heavy atom. The molecule has 4 nitrogen and oxygen atoms in total. The number of nitrogens with two attached hydrogens (primary N) is 1. The third-order valence-corrected chi connectivity index (χ3v) is 3.68. The zero-order valence-corrected chi connectivity index (χ0v) is 13.9. The fourth-order valence-electron chi connectivity index (χ4n) is 2.24. The van der Waals surface area contributed by atoms with E-state index in [1.807, 2.05) is 35.2 Å². The molecule has 0 spiro atoms. The molecule has 0 aliphatic rings. The fraction of sp³-hybridized carbons (Fsp3) is 0.316. The van der Waals surface area contributed by atoms with Crippen molar-refractivity contribution in [1.82, 2.24) is 4.90 Å². The minimum absolute atomic E-state index is 0.565. The number of ether oxygens (including phenoxy) is 1. The van der Waals surface area contributed by atoms with Crippen LogP contribution in [0, 0.1) is 0 Å². The molecular formula is C19H25N3O. The second-order valence-corrected chi connectivity index (χ2v) is 5.26. The van der Waals surface area contributed by atoms with Crippen molar-refractivity contribution in [1.29, 1.82) is 0 Å². The van der Waals surface area contributed by atoms with Crippen molar-refractivity contribution in [3.05, 3.63) is 65.7 Å².